The Bertz CT molecular complexity index is 467. The largest absolute Gasteiger partial charge is 0.398 e. The molecule has 1 aromatic carbocycles. The van der Waals surface area contributed by atoms with E-state index >= 15 is 0 Å². The Kier molecular flexibility index (Phi) is 4.95. The molecule has 0 aliphatic rings. The number of anilines is 1. The van der Waals surface area contributed by atoms with E-state index in [1.165, 1.54) is 0 Å². The van der Waals surface area contributed by atoms with Gasteiger partial charge in [0.05, 0.1) is 0 Å². The molecule has 0 saturated carbocycles. The SMILES string of the molecule is Cc1cc(C)c(C(=O)NCC(C)(C)CCO)cc1N. The van der Waals surface area contributed by atoms with Crippen LogP contribution in [0.25, 0.3) is 0 Å². The van der Waals surface area contributed by atoms with Gasteiger partial charge < -0.3 is 16.2 Å². The molecule has 19 heavy (non-hydrogen) atoms. The minimum absolute atomic E-state index is 0.116. The van der Waals surface area contributed by atoms with E-state index in [1.807, 2.05) is 33.8 Å². The zero-order chi connectivity index (χ0) is 14.6. The number of carbonyl (C=O) groups excluding carboxylic acids is 1. The molecule has 0 aliphatic heterocycles. The number of nitrogens with two attached hydrogens (primary N) is 1. The maximum Gasteiger partial charge on any atom is 0.251 e. The molecule has 4 N–H and O–H groups in total. The van der Waals surface area contributed by atoms with Crippen molar-refractivity contribution in [2.24, 2.45) is 5.41 Å². The van der Waals surface area contributed by atoms with Gasteiger partial charge in [-0.15, -0.1) is 0 Å². The Labute approximate surface area is 115 Å². The van der Waals surface area contributed by atoms with E-state index in [1.54, 1.807) is 6.07 Å². The average Bonchev–Trinajstić information content (AvgIpc) is 2.31. The summed E-state index contributed by atoms with van der Waals surface area (Å²) in [6.07, 6.45) is 0.655. The van der Waals surface area contributed by atoms with Gasteiger partial charge in [-0.1, -0.05) is 19.9 Å². The number of nitrogens with one attached hydrogen (secondary N) is 1. The van der Waals surface area contributed by atoms with Crippen LogP contribution in [0.4, 0.5) is 5.69 Å². The van der Waals surface area contributed by atoms with Crippen LogP contribution >= 0.6 is 0 Å². The number of hydrogen-bond acceptors (Lipinski definition) is 3. The number of aryl methyl sites for hydroxylation is 2. The maximum absolute atomic E-state index is 12.2. The summed E-state index contributed by atoms with van der Waals surface area (Å²) in [5.74, 6) is -0.116. The van der Waals surface area contributed by atoms with E-state index in [4.69, 9.17) is 10.8 Å². The predicted octanol–water partition coefficient (Wildman–Crippen LogP) is 2.02. The molecule has 0 atom stereocenters. The van der Waals surface area contributed by atoms with Gasteiger partial charge in [0.15, 0.2) is 0 Å². The summed E-state index contributed by atoms with van der Waals surface area (Å²) in [5.41, 5.74) is 8.87. The Morgan fingerprint density at radius 2 is 1.95 bits per heavy atom. The molecule has 1 amide bonds. The highest BCUT2D eigenvalue weighted by Gasteiger charge is 2.19. The summed E-state index contributed by atoms with van der Waals surface area (Å²) in [7, 11) is 0. The second kappa shape index (κ2) is 6.06. The van der Waals surface area contributed by atoms with Gasteiger partial charge in [0.1, 0.15) is 0 Å². The van der Waals surface area contributed by atoms with Gasteiger partial charge in [0.2, 0.25) is 0 Å². The molecule has 1 rings (SSSR count). The fraction of sp³-hybridized carbons (Fsp3) is 0.533. The molecule has 4 heteroatoms. The van der Waals surface area contributed by atoms with Gasteiger partial charge in [0.25, 0.3) is 5.91 Å². The standard InChI is InChI=1S/C15H24N2O2/c1-10-7-11(2)13(16)8-12(10)14(19)17-9-15(3,4)5-6-18/h7-8,18H,5-6,9,16H2,1-4H3,(H,17,19). The normalized spacial score (nSPS) is 11.4. The third kappa shape index (κ3) is 4.24. The van der Waals surface area contributed by atoms with Crippen molar-refractivity contribution in [1.82, 2.24) is 5.32 Å². The van der Waals surface area contributed by atoms with Gasteiger partial charge in [-0.2, -0.15) is 0 Å². The quantitative estimate of drug-likeness (QED) is 0.712. The van der Waals surface area contributed by atoms with Crippen molar-refractivity contribution < 1.29 is 9.90 Å². The molecule has 0 radical (unpaired) electrons. The summed E-state index contributed by atoms with van der Waals surface area (Å²) in [6.45, 7) is 8.51. The summed E-state index contributed by atoms with van der Waals surface area (Å²) in [6, 6.07) is 3.64. The highest BCUT2D eigenvalue weighted by molar-refractivity contribution is 5.96. The molecule has 0 unspecified atom stereocenters. The minimum Gasteiger partial charge on any atom is -0.398 e. The van der Waals surface area contributed by atoms with Crippen LogP contribution in [-0.4, -0.2) is 24.2 Å². The van der Waals surface area contributed by atoms with Crippen LogP contribution in [-0.2, 0) is 0 Å². The Morgan fingerprint density at radius 3 is 2.53 bits per heavy atom. The fourth-order valence-corrected chi connectivity index (χ4v) is 1.92. The van der Waals surface area contributed by atoms with Gasteiger partial charge in [-0.3, -0.25) is 4.79 Å². The van der Waals surface area contributed by atoms with Gasteiger partial charge >= 0.3 is 0 Å². The smallest absolute Gasteiger partial charge is 0.251 e. The lowest BCUT2D eigenvalue weighted by Gasteiger charge is -2.24. The van der Waals surface area contributed by atoms with Crippen molar-refractivity contribution >= 4 is 11.6 Å². The third-order valence-electron chi connectivity index (χ3n) is 3.37. The molecule has 4 nitrogen and oxygen atoms in total. The second-order valence-electron chi connectivity index (χ2n) is 5.84. The number of benzene rings is 1. The number of carbonyl (C=O) groups is 1. The zero-order valence-corrected chi connectivity index (χ0v) is 12.2. The first-order chi connectivity index (χ1) is 8.76. The summed E-state index contributed by atoms with van der Waals surface area (Å²) in [4.78, 5) is 12.2. The van der Waals surface area contributed by atoms with Crippen LogP contribution in [0.1, 0.15) is 41.8 Å². The van der Waals surface area contributed by atoms with Crippen molar-refractivity contribution in [2.45, 2.75) is 34.1 Å². The maximum atomic E-state index is 12.2. The van der Waals surface area contributed by atoms with E-state index in [0.29, 0.717) is 24.2 Å². The topological polar surface area (TPSA) is 75.3 Å². The Morgan fingerprint density at radius 1 is 1.32 bits per heavy atom. The Hall–Kier alpha value is -1.55. The number of nitrogen functional groups attached to an aromatic ring is 1. The number of hydrogen-bond donors (Lipinski definition) is 3. The predicted molar refractivity (Wildman–Crippen MR) is 78.1 cm³/mol. The summed E-state index contributed by atoms with van der Waals surface area (Å²) < 4.78 is 0. The average molecular weight is 264 g/mol. The number of amides is 1. The van der Waals surface area contributed by atoms with Crippen LogP contribution in [0.3, 0.4) is 0 Å². The minimum atomic E-state index is -0.117. The second-order valence-corrected chi connectivity index (χ2v) is 5.84. The van der Waals surface area contributed by atoms with Crippen molar-refractivity contribution in [3.05, 3.63) is 28.8 Å². The molecule has 0 fully saturated rings. The molecule has 1 aromatic rings. The van der Waals surface area contributed by atoms with E-state index in [9.17, 15) is 4.79 Å². The van der Waals surface area contributed by atoms with Crippen molar-refractivity contribution in [3.63, 3.8) is 0 Å². The molecular weight excluding hydrogens is 240 g/mol. The van der Waals surface area contributed by atoms with Gasteiger partial charge in [-0.25, -0.2) is 0 Å². The highest BCUT2D eigenvalue weighted by atomic mass is 16.3. The van der Waals surface area contributed by atoms with E-state index in [0.717, 1.165) is 11.1 Å². The van der Waals surface area contributed by atoms with Gasteiger partial charge in [0, 0.05) is 24.4 Å². The van der Waals surface area contributed by atoms with Crippen LogP contribution < -0.4 is 11.1 Å². The molecule has 0 saturated heterocycles. The first kappa shape index (κ1) is 15.5. The highest BCUT2D eigenvalue weighted by Crippen LogP contribution is 2.20. The van der Waals surface area contributed by atoms with Crippen LogP contribution in [0, 0.1) is 19.3 Å². The van der Waals surface area contributed by atoms with Crippen LogP contribution in [0.2, 0.25) is 0 Å². The van der Waals surface area contributed by atoms with Gasteiger partial charge in [-0.05, 0) is 42.9 Å². The number of aliphatic hydroxyl groups is 1. The van der Waals surface area contributed by atoms with E-state index in [2.05, 4.69) is 5.32 Å². The van der Waals surface area contributed by atoms with Crippen molar-refractivity contribution in [1.29, 1.82) is 0 Å². The number of rotatable bonds is 5. The van der Waals surface area contributed by atoms with E-state index in [-0.39, 0.29) is 17.9 Å². The lowest BCUT2D eigenvalue weighted by molar-refractivity contribution is 0.0927. The van der Waals surface area contributed by atoms with Crippen molar-refractivity contribution in [2.75, 3.05) is 18.9 Å². The summed E-state index contributed by atoms with van der Waals surface area (Å²) in [5, 5.41) is 11.9. The molecule has 0 aliphatic carbocycles. The molecule has 0 spiro atoms. The number of aliphatic hydroxyl groups excluding tert-OH is 1. The van der Waals surface area contributed by atoms with Crippen LogP contribution in [0.15, 0.2) is 12.1 Å². The van der Waals surface area contributed by atoms with E-state index < -0.39 is 0 Å². The molecule has 0 heterocycles. The fourth-order valence-electron chi connectivity index (χ4n) is 1.92. The zero-order valence-electron chi connectivity index (χ0n) is 12.2. The summed E-state index contributed by atoms with van der Waals surface area (Å²) >= 11 is 0. The molecule has 0 bridgehead atoms. The molecule has 0 aromatic heterocycles. The lowest BCUT2D eigenvalue weighted by atomic mass is 9.89. The monoisotopic (exact) mass is 264 g/mol. The first-order valence-corrected chi connectivity index (χ1v) is 6.52. The van der Waals surface area contributed by atoms with Crippen LogP contribution in [0.5, 0.6) is 0 Å². The third-order valence-corrected chi connectivity index (χ3v) is 3.37. The molecular formula is C15H24N2O2. The van der Waals surface area contributed by atoms with Crippen molar-refractivity contribution in [3.8, 4) is 0 Å². The Balaban J connectivity index is 2.77. The lowest BCUT2D eigenvalue weighted by Crippen LogP contribution is -2.34. The first-order valence-electron chi connectivity index (χ1n) is 6.52. The molecule has 106 valence electrons.